The number of carbonyl (C=O) groups excluding carboxylic acids is 12. The first kappa shape index (κ1) is 122. The molecule has 4 rings (SSSR count). The molecule has 0 saturated carbocycles. The summed E-state index contributed by atoms with van der Waals surface area (Å²) in [5.41, 5.74) is -6.78. The van der Waals surface area contributed by atoms with E-state index in [-0.39, 0.29) is 130 Å². The SMILES string of the molecule is CCC(C)(CC(C)(CC(C)N1CCCC1=O)C(=O)NC)C(=O)NC(C)(C)CC(C)(C)C.CCC(C)(CC(C)(CC(C)N1CCCCCC1=O)C(=O)NC)C(=O)NC(C)(C)CC(C)(C)C.CCCCC(CC)COC(=O)C(C)(CC)CC(C)(CC(C)N1CCCC1=O)C(=O)OCC.CCCCC(CC)COC(=O)C(C)(CC)CC(C)(CC(C)N1CCCCCC1=O)C(=O)OCC. The molecule has 0 radical (unpaired) electrons. The number of nitrogens with zero attached hydrogens (tertiary/aromatic N) is 4. The third-order valence-corrected chi connectivity index (χ3v) is 28.8. The van der Waals surface area contributed by atoms with Crippen LogP contribution in [-0.4, -0.2) is 193 Å². The lowest BCUT2D eigenvalue weighted by molar-refractivity contribution is -0.167. The summed E-state index contributed by atoms with van der Waals surface area (Å²) in [5.74, 6) is 0.132. The van der Waals surface area contributed by atoms with Crippen molar-refractivity contribution in [3.63, 3.8) is 0 Å². The van der Waals surface area contributed by atoms with Crippen LogP contribution in [0.1, 0.15) is 440 Å². The van der Waals surface area contributed by atoms with Crippen molar-refractivity contribution in [3.8, 4) is 0 Å². The zero-order chi connectivity index (χ0) is 100. The molecule has 0 aromatic carbocycles. The third-order valence-electron chi connectivity index (χ3n) is 28.8. The van der Waals surface area contributed by atoms with Gasteiger partial charge in [-0.15, -0.1) is 0 Å². The number of unbranched alkanes of at least 4 members (excludes halogenated alkanes) is 2. The van der Waals surface area contributed by atoms with Crippen molar-refractivity contribution < 1.29 is 76.5 Å². The van der Waals surface area contributed by atoms with Gasteiger partial charge in [0, 0.05) is 123 Å². The molecule has 24 heteroatoms. The maximum atomic E-state index is 13.6. The summed E-state index contributed by atoms with van der Waals surface area (Å²) in [7, 11) is 3.29. The van der Waals surface area contributed by atoms with Gasteiger partial charge in [-0.3, -0.25) is 57.5 Å². The van der Waals surface area contributed by atoms with Crippen molar-refractivity contribution in [2.24, 2.45) is 66.0 Å². The van der Waals surface area contributed by atoms with E-state index < -0.39 is 43.3 Å². The zero-order valence-corrected chi connectivity index (χ0v) is 89.5. The minimum absolute atomic E-state index is 0.00659. The first-order valence-electron chi connectivity index (χ1n) is 51.1. The number of hydrogen-bond acceptors (Lipinski definition) is 16. The topological polar surface area (TPSA) is 303 Å². The lowest BCUT2D eigenvalue weighted by Crippen LogP contribution is -2.54. The molecule has 130 heavy (non-hydrogen) atoms. The number of amides is 8. The van der Waals surface area contributed by atoms with Gasteiger partial charge in [0.05, 0.1) is 48.1 Å². The molecule has 4 aliphatic rings. The quantitative estimate of drug-likeness (QED) is 0.0325. The average molecular weight is 1840 g/mol. The van der Waals surface area contributed by atoms with Gasteiger partial charge in [0.15, 0.2) is 0 Å². The van der Waals surface area contributed by atoms with Crippen molar-refractivity contribution in [1.29, 1.82) is 0 Å². The molecule has 756 valence electrons. The fraction of sp³-hybridized carbons (Fsp3) is 0.887. The van der Waals surface area contributed by atoms with Gasteiger partial charge >= 0.3 is 23.9 Å². The number of likely N-dealkylation sites (tertiary alicyclic amines) is 4. The molecular weight excluding hydrogens is 1640 g/mol. The van der Waals surface area contributed by atoms with E-state index in [9.17, 15) is 57.5 Å². The van der Waals surface area contributed by atoms with Crippen molar-refractivity contribution >= 4 is 71.1 Å². The van der Waals surface area contributed by atoms with Crippen molar-refractivity contribution in [2.75, 3.05) is 66.7 Å². The van der Waals surface area contributed by atoms with Crippen molar-refractivity contribution in [2.45, 2.75) is 475 Å². The van der Waals surface area contributed by atoms with E-state index >= 15 is 0 Å². The second-order valence-corrected chi connectivity index (χ2v) is 45.8. The summed E-state index contributed by atoms with van der Waals surface area (Å²) in [6.45, 7) is 69.3. The highest BCUT2D eigenvalue weighted by molar-refractivity contribution is 5.89. The van der Waals surface area contributed by atoms with Crippen LogP contribution in [0.3, 0.4) is 0 Å². The molecule has 4 aliphatic heterocycles. The van der Waals surface area contributed by atoms with Gasteiger partial charge in [-0.2, -0.15) is 0 Å². The van der Waals surface area contributed by atoms with E-state index in [0.717, 1.165) is 142 Å². The number of ether oxygens (including phenoxy) is 4. The van der Waals surface area contributed by atoms with Crippen LogP contribution in [0.15, 0.2) is 0 Å². The predicted octanol–water partition coefficient (Wildman–Crippen LogP) is 21.2. The fourth-order valence-electron chi connectivity index (χ4n) is 21.5. The Kier molecular flexibility index (Phi) is 51.5. The lowest BCUT2D eigenvalue weighted by atomic mass is 9.67. The Morgan fingerprint density at radius 1 is 0.315 bits per heavy atom. The van der Waals surface area contributed by atoms with Gasteiger partial charge in [0.2, 0.25) is 47.3 Å². The molecule has 24 nitrogen and oxygen atoms in total. The fourth-order valence-corrected chi connectivity index (χ4v) is 21.5. The van der Waals surface area contributed by atoms with E-state index in [2.05, 4.69) is 118 Å². The van der Waals surface area contributed by atoms with E-state index in [1.165, 1.54) is 0 Å². The highest BCUT2D eigenvalue weighted by atomic mass is 16.5. The van der Waals surface area contributed by atoms with Crippen LogP contribution in [0.4, 0.5) is 0 Å². The number of rotatable bonds is 50. The number of nitrogens with one attached hydrogen (secondary N) is 4. The summed E-state index contributed by atoms with van der Waals surface area (Å²) in [4.78, 5) is 163. The Morgan fingerprint density at radius 3 is 0.808 bits per heavy atom. The second kappa shape index (κ2) is 55.0. The maximum absolute atomic E-state index is 13.6. The Bertz CT molecular complexity index is 3530. The van der Waals surface area contributed by atoms with Gasteiger partial charge in [-0.25, -0.2) is 0 Å². The number of esters is 4. The molecule has 14 unspecified atom stereocenters. The summed E-state index contributed by atoms with van der Waals surface area (Å²) in [6.07, 6.45) is 26.3. The summed E-state index contributed by atoms with van der Waals surface area (Å²) < 4.78 is 22.5. The standard InChI is InChI=1S/C28H51NO5.C27H51N3O3.C26H47NO5.C25H47N3O3/c1-8-12-16-23(9-2)20-34-25(31)27(6,10-3)21-28(7,26(32)33-11-4)19-22(5)29-18-15-13-14-17-24(29)30;1-11-26(8,23(33)29-25(6,7)18-24(3,4)5)19-27(9,22(32)28-10)17-20(2)30-16-14-12-13-15-21(30)31;1-8-12-14-21(9-2)18-32-23(29)25(6,10-3)19-26(7,24(30)31-11-4)17-20(5)27-16-13-15-22(27)28;1-11-24(8,21(31)27-23(6,7)16-22(3,4)5)17-25(9,20(30)26-10)15-18(2)28-14-12-13-19(28)29/h22-23H,8-21H2,1-7H3;20H,11-19H2,1-10H3,(H,28,32)(H,29,33);20-21H,8-19H2,1-7H3;18H,11-17H2,1-10H3,(H,26,30)(H,27,31). The van der Waals surface area contributed by atoms with E-state index in [1.54, 1.807) is 27.9 Å². The Balaban J connectivity index is 0.000000867. The van der Waals surface area contributed by atoms with Gasteiger partial charge < -0.3 is 59.8 Å². The zero-order valence-electron chi connectivity index (χ0n) is 89.5. The Hall–Kier alpha value is -6.36. The van der Waals surface area contributed by atoms with Crippen molar-refractivity contribution in [3.05, 3.63) is 0 Å². The first-order chi connectivity index (χ1) is 60.1. The first-order valence-corrected chi connectivity index (χ1v) is 51.1. The Labute approximate surface area is 792 Å². The minimum Gasteiger partial charge on any atom is -0.466 e. The molecular formula is C106H196N8O16. The molecule has 0 aromatic rings. The molecule has 4 N–H and O–H groups in total. The van der Waals surface area contributed by atoms with Gasteiger partial charge in [0.25, 0.3) is 0 Å². The lowest BCUT2D eigenvalue weighted by Gasteiger charge is -2.42. The van der Waals surface area contributed by atoms with Crippen LogP contribution in [0.5, 0.6) is 0 Å². The average Bonchev–Trinajstić information content (AvgIpc) is 1.16. The largest absolute Gasteiger partial charge is 0.466 e. The molecule has 4 fully saturated rings. The van der Waals surface area contributed by atoms with Crippen LogP contribution in [-0.2, 0) is 76.5 Å². The van der Waals surface area contributed by atoms with Gasteiger partial charge in [0.1, 0.15) is 0 Å². The maximum Gasteiger partial charge on any atom is 0.311 e. The van der Waals surface area contributed by atoms with Crippen LogP contribution in [0.2, 0.25) is 0 Å². The summed E-state index contributed by atoms with van der Waals surface area (Å²) >= 11 is 0. The van der Waals surface area contributed by atoms with E-state index in [1.807, 2.05) is 130 Å². The number of hydrogen-bond donors (Lipinski definition) is 4. The molecule has 0 aromatic heterocycles. The minimum atomic E-state index is -0.891. The van der Waals surface area contributed by atoms with Crippen LogP contribution in [0.25, 0.3) is 0 Å². The predicted molar refractivity (Wildman–Crippen MR) is 526 cm³/mol. The smallest absolute Gasteiger partial charge is 0.311 e. The van der Waals surface area contributed by atoms with Crippen LogP contribution < -0.4 is 21.3 Å². The molecule has 4 heterocycles. The van der Waals surface area contributed by atoms with Gasteiger partial charge in [-0.05, 0) is 261 Å². The highest BCUT2D eigenvalue weighted by Gasteiger charge is 2.52. The van der Waals surface area contributed by atoms with Crippen molar-refractivity contribution in [1.82, 2.24) is 40.9 Å². The van der Waals surface area contributed by atoms with Crippen LogP contribution in [0, 0.1) is 66.0 Å². The van der Waals surface area contributed by atoms with Crippen LogP contribution >= 0.6 is 0 Å². The summed E-state index contributed by atoms with van der Waals surface area (Å²) in [6, 6.07) is -0.288. The number of carbonyl (C=O) groups is 12. The van der Waals surface area contributed by atoms with Gasteiger partial charge in [-0.1, -0.05) is 176 Å². The Morgan fingerprint density at radius 2 is 0.569 bits per heavy atom. The highest BCUT2D eigenvalue weighted by Crippen LogP contribution is 2.48. The monoisotopic (exact) mass is 1840 g/mol. The molecule has 0 aliphatic carbocycles. The molecule has 14 atom stereocenters. The molecule has 0 spiro atoms. The molecule has 8 amide bonds. The normalized spacial score (nSPS) is 20.0. The third kappa shape index (κ3) is 39.5. The molecule has 0 bridgehead atoms. The summed E-state index contributed by atoms with van der Waals surface area (Å²) in [5, 5.41) is 12.2. The second-order valence-electron chi connectivity index (χ2n) is 45.8. The van der Waals surface area contributed by atoms with E-state index in [4.69, 9.17) is 18.9 Å². The van der Waals surface area contributed by atoms with E-state index in [0.29, 0.717) is 128 Å². The molecule has 4 saturated heterocycles.